The Morgan fingerprint density at radius 3 is 2.19 bits per heavy atom. The number of nitrogens with zero attached hydrogens (tertiary/aromatic N) is 2. The van der Waals surface area contributed by atoms with Gasteiger partial charge in [0.2, 0.25) is 0 Å². The third-order valence-corrected chi connectivity index (χ3v) is 4.21. The van der Waals surface area contributed by atoms with Crippen LogP contribution in [0.3, 0.4) is 0 Å². The molecular weight excluding hydrogens is 196 g/mol. The molecule has 1 atom stereocenters. The summed E-state index contributed by atoms with van der Waals surface area (Å²) in [7, 11) is 2.28. The molecule has 0 bridgehead atoms. The van der Waals surface area contributed by atoms with E-state index in [0.717, 1.165) is 12.0 Å². The highest BCUT2D eigenvalue weighted by Gasteiger charge is 2.23. The fourth-order valence-corrected chi connectivity index (χ4v) is 2.50. The fraction of sp³-hybridized carbons (Fsp3) is 1.00. The van der Waals surface area contributed by atoms with Crippen molar-refractivity contribution in [2.24, 2.45) is 5.92 Å². The van der Waals surface area contributed by atoms with Crippen LogP contribution in [0.4, 0.5) is 0 Å². The summed E-state index contributed by atoms with van der Waals surface area (Å²) < 4.78 is 0. The third-order valence-electron chi connectivity index (χ3n) is 4.21. The van der Waals surface area contributed by atoms with Crippen LogP contribution in [0.5, 0.6) is 0 Å². The van der Waals surface area contributed by atoms with Crippen molar-refractivity contribution in [3.05, 3.63) is 0 Å². The van der Waals surface area contributed by atoms with Gasteiger partial charge in [0.15, 0.2) is 0 Å². The van der Waals surface area contributed by atoms with Crippen LogP contribution in [-0.4, -0.2) is 48.6 Å². The van der Waals surface area contributed by atoms with Gasteiger partial charge in [-0.25, -0.2) is 0 Å². The second-order valence-electron chi connectivity index (χ2n) is 5.80. The molecule has 0 amide bonds. The van der Waals surface area contributed by atoms with Crippen molar-refractivity contribution < 1.29 is 0 Å². The normalized spacial score (nSPS) is 21.9. The summed E-state index contributed by atoms with van der Waals surface area (Å²) in [4.78, 5) is 5.19. The lowest BCUT2D eigenvalue weighted by Crippen LogP contribution is -2.46. The molecule has 1 fully saturated rings. The Hall–Kier alpha value is -0.0800. The number of piperidine rings is 1. The highest BCUT2D eigenvalue weighted by Crippen LogP contribution is 2.18. The molecule has 0 N–H and O–H groups in total. The van der Waals surface area contributed by atoms with Gasteiger partial charge in [0.25, 0.3) is 0 Å². The van der Waals surface area contributed by atoms with Crippen LogP contribution in [0.1, 0.15) is 47.0 Å². The summed E-state index contributed by atoms with van der Waals surface area (Å²) in [6, 6.07) is 1.50. The Morgan fingerprint density at radius 1 is 1.19 bits per heavy atom. The summed E-state index contributed by atoms with van der Waals surface area (Å²) >= 11 is 0. The van der Waals surface area contributed by atoms with E-state index in [2.05, 4.69) is 44.5 Å². The molecule has 96 valence electrons. The van der Waals surface area contributed by atoms with Crippen molar-refractivity contribution in [2.75, 3.05) is 26.7 Å². The van der Waals surface area contributed by atoms with Gasteiger partial charge in [-0.3, -0.25) is 0 Å². The maximum atomic E-state index is 2.65. The molecule has 1 rings (SSSR count). The van der Waals surface area contributed by atoms with Crippen LogP contribution in [0.15, 0.2) is 0 Å². The summed E-state index contributed by atoms with van der Waals surface area (Å²) in [5.41, 5.74) is 0. The van der Waals surface area contributed by atoms with Crippen molar-refractivity contribution in [1.82, 2.24) is 9.80 Å². The molecule has 2 heteroatoms. The van der Waals surface area contributed by atoms with E-state index in [-0.39, 0.29) is 0 Å². The lowest BCUT2D eigenvalue weighted by molar-refractivity contribution is 0.0991. The first-order valence-electron chi connectivity index (χ1n) is 6.98. The molecule has 0 aromatic carbocycles. The van der Waals surface area contributed by atoms with Gasteiger partial charge < -0.3 is 9.80 Å². The molecule has 1 aliphatic heterocycles. The number of hydrogen-bond donors (Lipinski definition) is 0. The minimum absolute atomic E-state index is 0.686. The predicted molar refractivity (Wildman–Crippen MR) is 71.8 cm³/mol. The van der Waals surface area contributed by atoms with Gasteiger partial charge in [-0.15, -0.1) is 0 Å². The van der Waals surface area contributed by atoms with Crippen molar-refractivity contribution in [3.63, 3.8) is 0 Å². The van der Waals surface area contributed by atoms with Gasteiger partial charge >= 0.3 is 0 Å². The van der Waals surface area contributed by atoms with Crippen LogP contribution in [0.2, 0.25) is 0 Å². The van der Waals surface area contributed by atoms with Gasteiger partial charge in [-0.05, 0) is 52.7 Å². The molecule has 0 aromatic rings. The van der Waals surface area contributed by atoms with E-state index in [1.165, 1.54) is 38.9 Å². The van der Waals surface area contributed by atoms with Crippen LogP contribution in [0, 0.1) is 5.92 Å². The smallest absolute Gasteiger partial charge is 0.0119 e. The molecule has 16 heavy (non-hydrogen) atoms. The number of likely N-dealkylation sites (tertiary alicyclic amines) is 1. The van der Waals surface area contributed by atoms with Gasteiger partial charge in [-0.2, -0.15) is 0 Å². The Morgan fingerprint density at radius 2 is 1.75 bits per heavy atom. The first-order valence-corrected chi connectivity index (χ1v) is 6.98. The Bertz CT molecular complexity index is 183. The van der Waals surface area contributed by atoms with Crippen molar-refractivity contribution in [1.29, 1.82) is 0 Å². The lowest BCUT2D eigenvalue weighted by atomic mass is 10.0. The summed E-state index contributed by atoms with van der Waals surface area (Å²) in [6.07, 6.45) is 4.02. The highest BCUT2D eigenvalue weighted by molar-refractivity contribution is 4.80. The second-order valence-corrected chi connectivity index (χ2v) is 5.80. The van der Waals surface area contributed by atoms with E-state index in [1.54, 1.807) is 0 Å². The molecule has 0 spiro atoms. The molecule has 0 radical (unpaired) electrons. The zero-order valence-electron chi connectivity index (χ0n) is 11.9. The third kappa shape index (κ3) is 4.06. The molecule has 1 aliphatic rings. The van der Waals surface area contributed by atoms with Gasteiger partial charge in [-0.1, -0.05) is 20.3 Å². The van der Waals surface area contributed by atoms with E-state index in [4.69, 9.17) is 0 Å². The van der Waals surface area contributed by atoms with Gasteiger partial charge in [0, 0.05) is 18.6 Å². The molecule has 2 nitrogen and oxygen atoms in total. The second kappa shape index (κ2) is 6.61. The highest BCUT2D eigenvalue weighted by atomic mass is 15.2. The fourth-order valence-electron chi connectivity index (χ4n) is 2.50. The monoisotopic (exact) mass is 226 g/mol. The first-order chi connectivity index (χ1) is 7.54. The zero-order chi connectivity index (χ0) is 12.1. The predicted octanol–water partition coefficient (Wildman–Crippen LogP) is 2.84. The Kier molecular flexibility index (Phi) is 5.77. The van der Waals surface area contributed by atoms with E-state index in [9.17, 15) is 0 Å². The largest absolute Gasteiger partial charge is 0.303 e. The number of hydrogen-bond acceptors (Lipinski definition) is 2. The van der Waals surface area contributed by atoms with Gasteiger partial charge in [0.05, 0.1) is 0 Å². The molecule has 1 heterocycles. The van der Waals surface area contributed by atoms with Crippen LogP contribution >= 0.6 is 0 Å². The van der Waals surface area contributed by atoms with Crippen molar-refractivity contribution in [3.8, 4) is 0 Å². The maximum Gasteiger partial charge on any atom is 0.0119 e. The van der Waals surface area contributed by atoms with Crippen LogP contribution in [-0.2, 0) is 0 Å². The standard InChI is InChI=1S/C14H30N2/c1-6-13(4)11-16-9-7-14(8-10-16)15(5)12(2)3/h12-14H,6-11H2,1-5H3. The van der Waals surface area contributed by atoms with E-state index >= 15 is 0 Å². The molecule has 0 saturated carbocycles. The molecule has 1 saturated heterocycles. The Labute approximate surface area is 102 Å². The van der Waals surface area contributed by atoms with Crippen LogP contribution < -0.4 is 0 Å². The van der Waals surface area contributed by atoms with Crippen molar-refractivity contribution in [2.45, 2.75) is 59.0 Å². The quantitative estimate of drug-likeness (QED) is 0.711. The Balaban J connectivity index is 2.28. The molecular formula is C14H30N2. The summed E-state index contributed by atoms with van der Waals surface area (Å²) in [5, 5.41) is 0. The number of rotatable bonds is 5. The molecule has 0 aliphatic carbocycles. The SMILES string of the molecule is CCC(C)CN1CCC(N(C)C(C)C)CC1. The molecule has 1 unspecified atom stereocenters. The zero-order valence-corrected chi connectivity index (χ0v) is 11.9. The van der Waals surface area contributed by atoms with Gasteiger partial charge in [0.1, 0.15) is 0 Å². The summed E-state index contributed by atoms with van der Waals surface area (Å²) in [5.74, 6) is 0.861. The van der Waals surface area contributed by atoms with E-state index in [0.29, 0.717) is 6.04 Å². The first kappa shape index (κ1) is 14.0. The lowest BCUT2D eigenvalue weighted by Gasteiger charge is -2.39. The average molecular weight is 226 g/mol. The summed E-state index contributed by atoms with van der Waals surface area (Å²) in [6.45, 7) is 13.2. The minimum atomic E-state index is 0.686. The molecule has 0 aromatic heterocycles. The average Bonchev–Trinajstić information content (AvgIpc) is 2.28. The maximum absolute atomic E-state index is 2.65. The van der Waals surface area contributed by atoms with Crippen LogP contribution in [0.25, 0.3) is 0 Å². The topological polar surface area (TPSA) is 6.48 Å². The minimum Gasteiger partial charge on any atom is -0.303 e. The van der Waals surface area contributed by atoms with E-state index in [1.807, 2.05) is 0 Å². The van der Waals surface area contributed by atoms with E-state index < -0.39 is 0 Å². The van der Waals surface area contributed by atoms with Crippen molar-refractivity contribution >= 4 is 0 Å².